The first-order valence-electron chi connectivity index (χ1n) is 7.06. The monoisotopic (exact) mass is 308 g/mol. The van der Waals surface area contributed by atoms with Gasteiger partial charge >= 0.3 is 0 Å². The van der Waals surface area contributed by atoms with E-state index in [0.29, 0.717) is 6.04 Å². The fraction of sp³-hybridized carbons (Fsp3) is 0.438. The highest BCUT2D eigenvalue weighted by Crippen LogP contribution is 2.15. The van der Waals surface area contributed by atoms with E-state index >= 15 is 0 Å². The number of benzene rings is 1. The van der Waals surface area contributed by atoms with E-state index in [1.807, 2.05) is 12.1 Å². The number of hydrogen-bond donors (Lipinski definition) is 1. The van der Waals surface area contributed by atoms with Gasteiger partial charge in [-0.1, -0.05) is 30.7 Å². The lowest BCUT2D eigenvalue weighted by molar-refractivity contribution is 0.501. The van der Waals surface area contributed by atoms with E-state index in [1.165, 1.54) is 11.3 Å². The van der Waals surface area contributed by atoms with Crippen molar-refractivity contribution < 1.29 is 0 Å². The number of nitrogens with zero attached hydrogens (tertiary/aromatic N) is 1. The lowest BCUT2D eigenvalue weighted by Crippen LogP contribution is -2.33. The fourth-order valence-electron chi connectivity index (χ4n) is 2.22. The van der Waals surface area contributed by atoms with Gasteiger partial charge in [0.25, 0.3) is 0 Å². The number of halogens is 1. The molecule has 1 unspecified atom stereocenters. The number of nitrogens with one attached hydrogen (secondary N) is 1. The van der Waals surface area contributed by atoms with Crippen LogP contribution in [0.5, 0.6) is 0 Å². The first-order chi connectivity index (χ1) is 9.67. The Bertz CT molecular complexity index is 522. The minimum absolute atomic E-state index is 0.428. The smallest absolute Gasteiger partial charge is 0.0897 e. The number of rotatable bonds is 7. The molecule has 4 heteroatoms. The minimum atomic E-state index is 0.428. The van der Waals surface area contributed by atoms with Crippen LogP contribution in [0.3, 0.4) is 0 Å². The Balaban J connectivity index is 2.00. The van der Waals surface area contributed by atoms with E-state index < -0.39 is 0 Å². The zero-order chi connectivity index (χ0) is 14.4. The van der Waals surface area contributed by atoms with Crippen molar-refractivity contribution in [3.63, 3.8) is 0 Å². The number of aromatic nitrogens is 1. The van der Waals surface area contributed by atoms with Gasteiger partial charge in [0.1, 0.15) is 0 Å². The maximum atomic E-state index is 5.94. The highest BCUT2D eigenvalue weighted by Gasteiger charge is 2.11. The summed E-state index contributed by atoms with van der Waals surface area (Å²) in [6, 6.07) is 8.56. The Labute approximate surface area is 130 Å². The van der Waals surface area contributed by atoms with E-state index in [0.717, 1.165) is 35.8 Å². The number of hydrogen-bond acceptors (Lipinski definition) is 3. The van der Waals surface area contributed by atoms with Crippen molar-refractivity contribution in [3.8, 4) is 0 Å². The van der Waals surface area contributed by atoms with Crippen LogP contribution >= 0.6 is 22.9 Å². The van der Waals surface area contributed by atoms with E-state index in [9.17, 15) is 0 Å². The van der Waals surface area contributed by atoms with Gasteiger partial charge in [-0.05, 0) is 44.0 Å². The van der Waals surface area contributed by atoms with Gasteiger partial charge in [-0.15, -0.1) is 11.3 Å². The predicted octanol–water partition coefficient (Wildman–Crippen LogP) is 4.26. The van der Waals surface area contributed by atoms with Gasteiger partial charge < -0.3 is 5.32 Å². The van der Waals surface area contributed by atoms with Gasteiger partial charge in [-0.2, -0.15) is 0 Å². The Kier molecular flexibility index (Phi) is 6.02. The topological polar surface area (TPSA) is 24.9 Å². The van der Waals surface area contributed by atoms with Crippen LogP contribution in [0, 0.1) is 6.92 Å². The lowest BCUT2D eigenvalue weighted by Gasteiger charge is -2.17. The van der Waals surface area contributed by atoms with Crippen LogP contribution in [0.2, 0.25) is 5.02 Å². The van der Waals surface area contributed by atoms with Crippen LogP contribution in [-0.4, -0.2) is 17.6 Å². The van der Waals surface area contributed by atoms with Crippen LogP contribution in [0.4, 0.5) is 0 Å². The molecule has 2 nitrogen and oxygen atoms in total. The molecule has 2 rings (SSSR count). The quantitative estimate of drug-likeness (QED) is 0.826. The summed E-state index contributed by atoms with van der Waals surface area (Å²) in [6.07, 6.45) is 3.13. The summed E-state index contributed by atoms with van der Waals surface area (Å²) in [6.45, 7) is 5.29. The largest absolute Gasteiger partial charge is 0.313 e. The molecule has 1 aromatic heterocycles. The SMILES string of the molecule is CCCNC(Cc1ccc(Cl)cc1)Cc1csc(C)n1. The van der Waals surface area contributed by atoms with E-state index in [4.69, 9.17) is 11.6 Å². The molecule has 2 aromatic rings. The molecule has 0 spiro atoms. The second kappa shape index (κ2) is 7.77. The van der Waals surface area contributed by atoms with Crippen molar-refractivity contribution in [1.82, 2.24) is 10.3 Å². The molecule has 1 aromatic carbocycles. The maximum Gasteiger partial charge on any atom is 0.0897 e. The predicted molar refractivity (Wildman–Crippen MR) is 87.8 cm³/mol. The first-order valence-corrected chi connectivity index (χ1v) is 8.32. The van der Waals surface area contributed by atoms with Crippen LogP contribution in [-0.2, 0) is 12.8 Å². The number of thiazole rings is 1. The van der Waals surface area contributed by atoms with Crippen molar-refractivity contribution in [2.75, 3.05) is 6.54 Å². The van der Waals surface area contributed by atoms with E-state index in [-0.39, 0.29) is 0 Å². The van der Waals surface area contributed by atoms with Crippen molar-refractivity contribution in [2.24, 2.45) is 0 Å². The van der Waals surface area contributed by atoms with Gasteiger partial charge in [0.2, 0.25) is 0 Å². The summed E-state index contributed by atoms with van der Waals surface area (Å²) in [7, 11) is 0. The molecule has 1 heterocycles. The molecule has 1 atom stereocenters. The molecule has 0 aliphatic carbocycles. The second-order valence-corrected chi connectivity index (χ2v) is 6.54. The lowest BCUT2D eigenvalue weighted by atomic mass is 10.0. The normalized spacial score (nSPS) is 12.6. The summed E-state index contributed by atoms with van der Waals surface area (Å²) in [5, 5.41) is 7.72. The first kappa shape index (κ1) is 15.5. The Hall–Kier alpha value is -0.900. The maximum absolute atomic E-state index is 5.94. The highest BCUT2D eigenvalue weighted by molar-refractivity contribution is 7.09. The molecule has 0 fully saturated rings. The summed E-state index contributed by atoms with van der Waals surface area (Å²) in [5.74, 6) is 0. The van der Waals surface area contributed by atoms with Crippen LogP contribution in [0.1, 0.15) is 29.6 Å². The van der Waals surface area contributed by atoms with E-state index in [2.05, 4.69) is 41.7 Å². The van der Waals surface area contributed by atoms with E-state index in [1.54, 1.807) is 11.3 Å². The molecule has 1 N–H and O–H groups in total. The Morgan fingerprint density at radius 3 is 2.60 bits per heavy atom. The van der Waals surface area contributed by atoms with Crippen LogP contribution < -0.4 is 5.32 Å². The average molecular weight is 309 g/mol. The Morgan fingerprint density at radius 2 is 2.00 bits per heavy atom. The average Bonchev–Trinajstić information content (AvgIpc) is 2.84. The third-order valence-corrected chi connectivity index (χ3v) is 4.27. The van der Waals surface area contributed by atoms with Crippen molar-refractivity contribution >= 4 is 22.9 Å². The molecule has 20 heavy (non-hydrogen) atoms. The zero-order valence-corrected chi connectivity index (χ0v) is 13.6. The summed E-state index contributed by atoms with van der Waals surface area (Å²) in [4.78, 5) is 4.57. The number of aryl methyl sites for hydroxylation is 1. The van der Waals surface area contributed by atoms with Gasteiger partial charge in [0, 0.05) is 22.9 Å². The van der Waals surface area contributed by atoms with Crippen molar-refractivity contribution in [3.05, 3.63) is 50.9 Å². The Morgan fingerprint density at radius 1 is 1.25 bits per heavy atom. The van der Waals surface area contributed by atoms with Gasteiger partial charge in [0.15, 0.2) is 0 Å². The molecule has 0 aliphatic heterocycles. The van der Waals surface area contributed by atoms with Crippen molar-refractivity contribution in [2.45, 2.75) is 39.2 Å². The third-order valence-electron chi connectivity index (χ3n) is 3.20. The van der Waals surface area contributed by atoms with Gasteiger partial charge in [-0.3, -0.25) is 0 Å². The van der Waals surface area contributed by atoms with Crippen LogP contribution in [0.25, 0.3) is 0 Å². The molecule has 0 radical (unpaired) electrons. The molecule has 0 saturated carbocycles. The molecular weight excluding hydrogens is 288 g/mol. The summed E-state index contributed by atoms with van der Waals surface area (Å²) < 4.78 is 0. The molecule has 0 amide bonds. The highest BCUT2D eigenvalue weighted by atomic mass is 35.5. The molecule has 0 bridgehead atoms. The molecule has 0 saturated heterocycles. The second-order valence-electron chi connectivity index (χ2n) is 5.04. The molecule has 108 valence electrons. The summed E-state index contributed by atoms with van der Waals surface area (Å²) >= 11 is 7.66. The van der Waals surface area contributed by atoms with Crippen LogP contribution in [0.15, 0.2) is 29.6 Å². The molecular formula is C16H21ClN2S. The third kappa shape index (κ3) is 4.89. The fourth-order valence-corrected chi connectivity index (χ4v) is 2.98. The van der Waals surface area contributed by atoms with Gasteiger partial charge in [0.05, 0.1) is 10.7 Å². The zero-order valence-electron chi connectivity index (χ0n) is 12.0. The minimum Gasteiger partial charge on any atom is -0.313 e. The summed E-state index contributed by atoms with van der Waals surface area (Å²) in [5.41, 5.74) is 2.50. The van der Waals surface area contributed by atoms with Crippen molar-refractivity contribution in [1.29, 1.82) is 0 Å². The standard InChI is InChI=1S/C16H21ClN2S/c1-3-8-18-15(10-16-11-20-12(2)19-16)9-13-4-6-14(17)7-5-13/h4-7,11,15,18H,3,8-10H2,1-2H3. The van der Waals surface area contributed by atoms with Gasteiger partial charge in [-0.25, -0.2) is 4.98 Å². The molecule has 0 aliphatic rings.